The van der Waals surface area contributed by atoms with Crippen molar-refractivity contribution < 1.29 is 13.5 Å². The molecule has 0 aliphatic carbocycles. The highest BCUT2D eigenvalue weighted by molar-refractivity contribution is 5.79. The van der Waals surface area contributed by atoms with Crippen LogP contribution < -0.4 is 15.4 Å². The molecule has 0 saturated carbocycles. The second-order valence-corrected chi connectivity index (χ2v) is 5.15. The molecule has 0 aliphatic rings. The van der Waals surface area contributed by atoms with E-state index in [1.165, 1.54) is 18.2 Å². The lowest BCUT2D eigenvalue weighted by atomic mass is 10.1. The first kappa shape index (κ1) is 17.7. The van der Waals surface area contributed by atoms with Crippen LogP contribution in [0.2, 0.25) is 0 Å². The van der Waals surface area contributed by atoms with Crippen LogP contribution in [-0.4, -0.2) is 26.7 Å². The minimum atomic E-state index is -0.530. The molecule has 2 aromatic rings. The molecule has 0 bridgehead atoms. The second-order valence-electron chi connectivity index (χ2n) is 5.15. The van der Waals surface area contributed by atoms with Crippen molar-refractivity contribution >= 4 is 5.96 Å². The molecule has 0 aromatic heterocycles. The molecule has 2 N–H and O–H groups in total. The highest BCUT2D eigenvalue weighted by Crippen LogP contribution is 2.12. The van der Waals surface area contributed by atoms with Gasteiger partial charge in [-0.3, -0.25) is 4.99 Å². The van der Waals surface area contributed by atoms with Crippen LogP contribution in [0.1, 0.15) is 11.1 Å². The molecule has 0 spiro atoms. The Labute approximate surface area is 140 Å². The summed E-state index contributed by atoms with van der Waals surface area (Å²) in [6.07, 6.45) is 0.238. The van der Waals surface area contributed by atoms with Gasteiger partial charge in [-0.2, -0.15) is 0 Å². The monoisotopic (exact) mass is 333 g/mol. The molecular weight excluding hydrogens is 312 g/mol. The Hall–Kier alpha value is -2.63. The van der Waals surface area contributed by atoms with Gasteiger partial charge in [-0.1, -0.05) is 18.2 Å². The number of hydrogen-bond acceptors (Lipinski definition) is 2. The SMILES string of the molecule is CN=C(NCCc1c(F)cccc1F)NCc1ccc(OC)cc1. The standard InChI is InChI=1S/C18H21F2N3O/c1-21-18(23-12-13-6-8-14(24-2)9-7-13)22-11-10-15-16(19)4-3-5-17(15)20/h3-9H,10-12H2,1-2H3,(H2,21,22,23). The molecule has 24 heavy (non-hydrogen) atoms. The summed E-state index contributed by atoms with van der Waals surface area (Å²) in [5.41, 5.74) is 1.15. The minimum Gasteiger partial charge on any atom is -0.497 e. The van der Waals surface area contributed by atoms with Gasteiger partial charge in [-0.15, -0.1) is 0 Å². The summed E-state index contributed by atoms with van der Waals surface area (Å²) < 4.78 is 32.2. The summed E-state index contributed by atoms with van der Waals surface area (Å²) in [6, 6.07) is 11.5. The van der Waals surface area contributed by atoms with Crippen molar-refractivity contribution in [2.75, 3.05) is 20.7 Å². The van der Waals surface area contributed by atoms with Gasteiger partial charge in [-0.05, 0) is 36.2 Å². The fourth-order valence-electron chi connectivity index (χ4n) is 2.23. The van der Waals surface area contributed by atoms with E-state index in [1.54, 1.807) is 14.2 Å². The molecule has 0 heterocycles. The minimum absolute atomic E-state index is 0.0793. The maximum atomic E-state index is 13.6. The van der Waals surface area contributed by atoms with Crippen molar-refractivity contribution in [1.29, 1.82) is 0 Å². The van der Waals surface area contributed by atoms with E-state index in [9.17, 15) is 8.78 Å². The molecule has 0 fully saturated rings. The van der Waals surface area contributed by atoms with E-state index in [-0.39, 0.29) is 12.0 Å². The molecule has 0 saturated heterocycles. The summed E-state index contributed by atoms with van der Waals surface area (Å²) in [7, 11) is 3.27. The van der Waals surface area contributed by atoms with E-state index in [2.05, 4.69) is 15.6 Å². The van der Waals surface area contributed by atoms with Crippen LogP contribution in [0.5, 0.6) is 5.75 Å². The average Bonchev–Trinajstić information content (AvgIpc) is 2.60. The first-order valence-electron chi connectivity index (χ1n) is 7.64. The Bertz CT molecular complexity index is 667. The normalized spacial score (nSPS) is 11.2. The van der Waals surface area contributed by atoms with Crippen molar-refractivity contribution in [2.24, 2.45) is 4.99 Å². The third-order valence-electron chi connectivity index (χ3n) is 3.57. The predicted molar refractivity (Wildman–Crippen MR) is 91.3 cm³/mol. The lowest BCUT2D eigenvalue weighted by Gasteiger charge is -2.12. The number of aliphatic imine (C=N–C) groups is 1. The van der Waals surface area contributed by atoms with Gasteiger partial charge in [0.2, 0.25) is 0 Å². The van der Waals surface area contributed by atoms with Gasteiger partial charge in [-0.25, -0.2) is 8.78 Å². The Morgan fingerprint density at radius 3 is 2.29 bits per heavy atom. The largest absolute Gasteiger partial charge is 0.497 e. The van der Waals surface area contributed by atoms with Gasteiger partial charge in [0.25, 0.3) is 0 Å². The fraction of sp³-hybridized carbons (Fsp3) is 0.278. The molecule has 0 aliphatic heterocycles. The van der Waals surface area contributed by atoms with Crippen LogP contribution in [-0.2, 0) is 13.0 Å². The fourth-order valence-corrected chi connectivity index (χ4v) is 2.23. The highest BCUT2D eigenvalue weighted by Gasteiger charge is 2.08. The third kappa shape index (κ3) is 4.94. The van der Waals surface area contributed by atoms with E-state index in [1.807, 2.05) is 24.3 Å². The van der Waals surface area contributed by atoms with Crippen molar-refractivity contribution in [3.05, 3.63) is 65.2 Å². The van der Waals surface area contributed by atoms with Crippen molar-refractivity contribution in [1.82, 2.24) is 10.6 Å². The summed E-state index contributed by atoms with van der Waals surface area (Å²) >= 11 is 0. The van der Waals surface area contributed by atoms with E-state index >= 15 is 0 Å². The Morgan fingerprint density at radius 2 is 1.71 bits per heavy atom. The van der Waals surface area contributed by atoms with Crippen LogP contribution in [0.3, 0.4) is 0 Å². The molecule has 0 atom stereocenters. The molecule has 2 aromatic carbocycles. The van der Waals surface area contributed by atoms with Crippen LogP contribution in [0.4, 0.5) is 8.78 Å². The lowest BCUT2D eigenvalue weighted by molar-refractivity contribution is 0.414. The Balaban J connectivity index is 1.82. The van der Waals surface area contributed by atoms with Gasteiger partial charge >= 0.3 is 0 Å². The van der Waals surface area contributed by atoms with Gasteiger partial charge in [0.1, 0.15) is 17.4 Å². The van der Waals surface area contributed by atoms with Crippen molar-refractivity contribution in [3.63, 3.8) is 0 Å². The number of ether oxygens (including phenoxy) is 1. The van der Waals surface area contributed by atoms with Crippen molar-refractivity contribution in [3.8, 4) is 5.75 Å². The number of rotatable bonds is 6. The summed E-state index contributed by atoms with van der Waals surface area (Å²) in [5, 5.41) is 6.20. The molecule has 0 unspecified atom stereocenters. The van der Waals surface area contributed by atoms with Gasteiger partial charge in [0.05, 0.1) is 7.11 Å². The zero-order valence-electron chi connectivity index (χ0n) is 13.8. The zero-order chi connectivity index (χ0) is 17.4. The maximum absolute atomic E-state index is 13.6. The first-order valence-corrected chi connectivity index (χ1v) is 7.64. The second kappa shape index (κ2) is 8.86. The number of methoxy groups -OCH3 is 1. The van der Waals surface area contributed by atoms with Gasteiger partial charge in [0, 0.05) is 25.7 Å². The molecular formula is C18H21F2N3O. The first-order chi connectivity index (χ1) is 11.6. The van der Waals surface area contributed by atoms with Crippen LogP contribution >= 0.6 is 0 Å². The molecule has 6 heteroatoms. The number of guanidine groups is 1. The van der Waals surface area contributed by atoms with Crippen LogP contribution in [0.25, 0.3) is 0 Å². The number of halogens is 2. The van der Waals surface area contributed by atoms with E-state index < -0.39 is 11.6 Å². The quantitative estimate of drug-likeness (QED) is 0.631. The maximum Gasteiger partial charge on any atom is 0.191 e. The summed E-state index contributed by atoms with van der Waals surface area (Å²) in [6.45, 7) is 0.956. The molecule has 128 valence electrons. The third-order valence-corrected chi connectivity index (χ3v) is 3.57. The highest BCUT2D eigenvalue weighted by atomic mass is 19.1. The number of nitrogens with one attached hydrogen (secondary N) is 2. The summed E-state index contributed by atoms with van der Waals surface area (Å²) in [5.74, 6) is 0.312. The molecule has 0 amide bonds. The number of hydrogen-bond donors (Lipinski definition) is 2. The molecule has 2 rings (SSSR count). The van der Waals surface area contributed by atoms with E-state index in [0.717, 1.165) is 11.3 Å². The predicted octanol–water partition coefficient (Wildman–Crippen LogP) is 2.88. The van der Waals surface area contributed by atoms with Crippen LogP contribution in [0.15, 0.2) is 47.5 Å². The average molecular weight is 333 g/mol. The lowest BCUT2D eigenvalue weighted by Crippen LogP contribution is -2.38. The van der Waals surface area contributed by atoms with E-state index in [4.69, 9.17) is 4.74 Å². The smallest absolute Gasteiger partial charge is 0.191 e. The number of nitrogens with zero attached hydrogens (tertiary/aromatic N) is 1. The molecule has 0 radical (unpaired) electrons. The Kier molecular flexibility index (Phi) is 6.54. The molecule has 4 nitrogen and oxygen atoms in total. The topological polar surface area (TPSA) is 45.7 Å². The van der Waals surface area contributed by atoms with Gasteiger partial charge in [0.15, 0.2) is 5.96 Å². The summed E-state index contributed by atoms with van der Waals surface area (Å²) in [4.78, 5) is 4.10. The van der Waals surface area contributed by atoms with Crippen LogP contribution in [0, 0.1) is 11.6 Å². The zero-order valence-corrected chi connectivity index (χ0v) is 13.8. The van der Waals surface area contributed by atoms with Gasteiger partial charge < -0.3 is 15.4 Å². The van der Waals surface area contributed by atoms with E-state index in [0.29, 0.717) is 19.0 Å². The van der Waals surface area contributed by atoms with Crippen molar-refractivity contribution in [2.45, 2.75) is 13.0 Å². The Morgan fingerprint density at radius 1 is 1.04 bits per heavy atom. The number of benzene rings is 2.